The Morgan fingerprint density at radius 1 is 1.00 bits per heavy atom. The fraction of sp³-hybridized carbons (Fsp3) is 0.667. The minimum Gasteiger partial charge on any atom is -1.00 e. The largest absolute Gasteiger partial charge is 4.00 e. The molecule has 1 radical (unpaired) electrons. The second-order valence-corrected chi connectivity index (χ2v) is 6.63. The molecule has 1 N–H and O–H groups in total. The summed E-state index contributed by atoms with van der Waals surface area (Å²) < 4.78 is 0. The van der Waals surface area contributed by atoms with E-state index >= 15 is 0 Å². The average molecular weight is 371 g/mol. The zero-order valence-electron chi connectivity index (χ0n) is 13.9. The first kappa shape index (κ1) is 32.7. The molecule has 0 fully saturated rings. The van der Waals surface area contributed by atoms with Crippen LogP contribution in [0, 0.1) is 5.41 Å². The molecule has 0 saturated carbocycles. The summed E-state index contributed by atoms with van der Waals surface area (Å²) in [4.78, 5) is 0. The van der Waals surface area contributed by atoms with E-state index in [4.69, 9.17) is 5.73 Å². The predicted octanol–water partition coefficient (Wildman–Crippen LogP) is -0.816. The Morgan fingerprint density at radius 2 is 1.30 bits per heavy atom. The van der Waals surface area contributed by atoms with E-state index in [0.29, 0.717) is 0 Å². The summed E-state index contributed by atoms with van der Waals surface area (Å²) >= 11 is 0. The molecular weight excluding hydrogens is 341 g/mol. The van der Waals surface area contributed by atoms with Crippen molar-refractivity contribution in [1.29, 1.82) is 0 Å². The van der Waals surface area contributed by atoms with E-state index < -0.39 is 0 Å². The van der Waals surface area contributed by atoms with Crippen LogP contribution >= 0.6 is 0 Å². The molecule has 1 rings (SSSR count). The Hall–Kier alpha value is 0.821. The van der Waals surface area contributed by atoms with Crippen molar-refractivity contribution in [2.45, 2.75) is 59.7 Å². The van der Waals surface area contributed by atoms with E-state index in [-0.39, 0.29) is 57.5 Å². The summed E-state index contributed by atoms with van der Waals surface area (Å²) in [5.74, 6) is 0. The molecule has 5 heteroatoms. The minimum absolute atomic E-state index is 0. The number of hydrogen-bond acceptors (Lipinski definition) is 0. The molecule has 0 aliphatic rings. The molecule has 0 spiro atoms. The van der Waals surface area contributed by atoms with Gasteiger partial charge in [-0.25, -0.2) is 12.1 Å². The summed E-state index contributed by atoms with van der Waals surface area (Å²) in [5, 5.41) is 0. The summed E-state index contributed by atoms with van der Waals surface area (Å²) in [6.07, 6.45) is 0.927. The first-order chi connectivity index (χ1) is 7.72. The molecule has 20 heavy (non-hydrogen) atoms. The van der Waals surface area contributed by atoms with Gasteiger partial charge in [0.15, 0.2) is 0 Å². The van der Waals surface area contributed by atoms with E-state index in [1.165, 1.54) is 0 Å². The van der Waals surface area contributed by atoms with Crippen LogP contribution in [0.25, 0.3) is 5.73 Å². The third kappa shape index (κ3) is 18.8. The molecule has 1 aromatic rings. The van der Waals surface area contributed by atoms with Crippen LogP contribution in [-0.4, -0.2) is 15.1 Å². The zero-order valence-corrected chi connectivity index (χ0v) is 18.2. The molecular formula is C15H30Cl2NSiTi. The van der Waals surface area contributed by atoms with Crippen molar-refractivity contribution in [3.63, 3.8) is 0 Å². The molecule has 1 atom stereocenters. The standard InChI is InChI=1S/C8H18N.C5H5.C2H7Si.2ClH.Ti/c1-6-8(5,9)7(2,3)4;1-2-4-5-3-1;1-3-2;;;/h9H,6H2,1-5H3;1-5H;3H,1-2H3;2*1H;/q2*-1;;;;+4/p-2. The van der Waals surface area contributed by atoms with Crippen molar-refractivity contribution in [1.82, 2.24) is 0 Å². The molecule has 0 saturated heterocycles. The van der Waals surface area contributed by atoms with Crippen molar-refractivity contribution < 1.29 is 46.5 Å². The van der Waals surface area contributed by atoms with Crippen LogP contribution in [0.4, 0.5) is 0 Å². The maximum Gasteiger partial charge on any atom is 4.00 e. The second kappa shape index (κ2) is 17.9. The molecule has 1 aromatic carbocycles. The van der Waals surface area contributed by atoms with E-state index in [1.807, 2.05) is 37.3 Å². The van der Waals surface area contributed by atoms with Crippen molar-refractivity contribution in [2.75, 3.05) is 0 Å². The van der Waals surface area contributed by atoms with Crippen molar-refractivity contribution in [2.24, 2.45) is 5.41 Å². The summed E-state index contributed by atoms with van der Waals surface area (Å²) in [6, 6.07) is 10.0. The molecule has 0 aliphatic heterocycles. The van der Waals surface area contributed by atoms with Gasteiger partial charge in [0.05, 0.1) is 0 Å². The SMILES string of the molecule is CCC(C)([NH-])C(C)(C)C.C[SiH]C.[Cl-].[Cl-].[Ti+4].c1cc[cH-]c1. The maximum absolute atomic E-state index is 7.83. The van der Waals surface area contributed by atoms with Gasteiger partial charge < -0.3 is 30.5 Å². The number of rotatable bonds is 1. The molecule has 0 amide bonds. The third-order valence-electron chi connectivity index (χ3n) is 2.92. The number of hydrogen-bond donors (Lipinski definition) is 0. The topological polar surface area (TPSA) is 23.8 Å². The Balaban J connectivity index is -0.0000000589. The molecule has 117 valence electrons. The Morgan fingerprint density at radius 3 is 1.35 bits per heavy atom. The van der Waals surface area contributed by atoms with Gasteiger partial charge in [-0.2, -0.15) is 18.2 Å². The van der Waals surface area contributed by atoms with Gasteiger partial charge in [-0.05, 0) is 0 Å². The summed E-state index contributed by atoms with van der Waals surface area (Å²) in [6.45, 7) is 14.8. The third-order valence-corrected chi connectivity index (χ3v) is 2.92. The molecule has 0 heterocycles. The van der Waals surface area contributed by atoms with Crippen LogP contribution in [-0.2, 0) is 21.7 Å². The van der Waals surface area contributed by atoms with Crippen LogP contribution in [0.15, 0.2) is 30.3 Å². The molecule has 1 nitrogen and oxygen atoms in total. The normalized spacial score (nSPS) is 11.6. The van der Waals surface area contributed by atoms with Crippen molar-refractivity contribution in [3.05, 3.63) is 36.1 Å². The number of halogens is 2. The summed E-state index contributed by atoms with van der Waals surface area (Å²) in [7, 11) is 0.750. The minimum atomic E-state index is -0.271. The zero-order chi connectivity index (χ0) is 13.9. The summed E-state index contributed by atoms with van der Waals surface area (Å²) in [5.41, 5.74) is 7.67. The van der Waals surface area contributed by atoms with Gasteiger partial charge in [-0.3, -0.25) is 0 Å². The average Bonchev–Trinajstić information content (AvgIpc) is 2.75. The van der Waals surface area contributed by atoms with Gasteiger partial charge in [0.25, 0.3) is 0 Å². The van der Waals surface area contributed by atoms with E-state index in [0.717, 1.165) is 15.9 Å². The van der Waals surface area contributed by atoms with E-state index in [1.54, 1.807) is 0 Å². The Bertz CT molecular complexity index is 230. The van der Waals surface area contributed by atoms with Crippen LogP contribution in [0.2, 0.25) is 13.1 Å². The first-order valence-electron chi connectivity index (χ1n) is 6.38. The van der Waals surface area contributed by atoms with Gasteiger partial charge in [0, 0.05) is 9.52 Å². The van der Waals surface area contributed by atoms with E-state index in [9.17, 15) is 0 Å². The van der Waals surface area contributed by atoms with Crippen molar-refractivity contribution >= 4 is 9.52 Å². The molecule has 0 aliphatic carbocycles. The predicted molar refractivity (Wildman–Crippen MR) is 83.4 cm³/mol. The monoisotopic (exact) mass is 370 g/mol. The second-order valence-electron chi connectivity index (χ2n) is 5.48. The van der Waals surface area contributed by atoms with Gasteiger partial charge in [0.2, 0.25) is 0 Å². The van der Waals surface area contributed by atoms with Crippen LogP contribution in [0.1, 0.15) is 41.0 Å². The molecule has 1 unspecified atom stereocenters. The van der Waals surface area contributed by atoms with Gasteiger partial charge in [0.1, 0.15) is 0 Å². The van der Waals surface area contributed by atoms with Gasteiger partial charge >= 0.3 is 21.7 Å². The maximum atomic E-state index is 7.83. The van der Waals surface area contributed by atoms with Crippen LogP contribution in [0.3, 0.4) is 0 Å². The van der Waals surface area contributed by atoms with Crippen LogP contribution in [0.5, 0.6) is 0 Å². The van der Waals surface area contributed by atoms with Crippen LogP contribution < -0.4 is 24.8 Å². The van der Waals surface area contributed by atoms with Gasteiger partial charge in [-0.1, -0.05) is 59.5 Å². The smallest absolute Gasteiger partial charge is 1.00 e. The number of nitrogens with one attached hydrogen (secondary N) is 1. The first-order valence-corrected chi connectivity index (χ1v) is 8.69. The molecule has 0 aromatic heterocycles. The quantitative estimate of drug-likeness (QED) is 0.455. The Labute approximate surface area is 156 Å². The fourth-order valence-electron chi connectivity index (χ4n) is 0.851. The van der Waals surface area contributed by atoms with E-state index in [2.05, 4.69) is 40.8 Å². The van der Waals surface area contributed by atoms with Gasteiger partial charge in [-0.15, -0.1) is 5.54 Å². The fourth-order valence-corrected chi connectivity index (χ4v) is 0.851. The molecule has 0 bridgehead atoms. The Kier molecular flexibility index (Phi) is 29.2. The van der Waals surface area contributed by atoms with Crippen molar-refractivity contribution in [3.8, 4) is 0 Å².